The summed E-state index contributed by atoms with van der Waals surface area (Å²) in [6.07, 6.45) is 0. The molecule has 0 aliphatic heterocycles. The summed E-state index contributed by atoms with van der Waals surface area (Å²) in [4.78, 5) is 4.75. The molecule has 112 valence electrons. The van der Waals surface area contributed by atoms with Gasteiger partial charge in [-0.3, -0.25) is 4.57 Å². The van der Waals surface area contributed by atoms with E-state index in [9.17, 15) is 5.11 Å². The van der Waals surface area contributed by atoms with Crippen LogP contribution < -0.4 is 0 Å². The van der Waals surface area contributed by atoms with Crippen molar-refractivity contribution in [3.05, 3.63) is 78.4 Å². The number of nitrogens with zero attached hydrogens (tertiary/aromatic N) is 2. The zero-order valence-corrected chi connectivity index (χ0v) is 12.8. The van der Waals surface area contributed by atoms with E-state index >= 15 is 0 Å². The van der Waals surface area contributed by atoms with Crippen LogP contribution in [0.3, 0.4) is 0 Å². The Labute approximate surface area is 134 Å². The van der Waals surface area contributed by atoms with Crippen LogP contribution in [0.4, 0.5) is 0 Å². The number of aryl methyl sites for hydroxylation is 1. The van der Waals surface area contributed by atoms with Crippen LogP contribution in [0.15, 0.2) is 72.8 Å². The maximum absolute atomic E-state index is 9.76. The molecule has 0 bridgehead atoms. The SMILES string of the molecule is Cc1ccc(-n2c(-c3ccccc3)nc3cc(O)ccc32)cc1. The highest BCUT2D eigenvalue weighted by Crippen LogP contribution is 2.30. The minimum absolute atomic E-state index is 0.227. The smallest absolute Gasteiger partial charge is 0.145 e. The molecule has 0 unspecified atom stereocenters. The number of phenols is 1. The molecular formula is C20H16N2O. The van der Waals surface area contributed by atoms with Gasteiger partial charge in [0.15, 0.2) is 0 Å². The summed E-state index contributed by atoms with van der Waals surface area (Å²) >= 11 is 0. The molecule has 0 spiro atoms. The maximum atomic E-state index is 9.76. The van der Waals surface area contributed by atoms with E-state index in [0.717, 1.165) is 28.1 Å². The van der Waals surface area contributed by atoms with Gasteiger partial charge in [-0.25, -0.2) is 4.98 Å². The molecule has 0 fully saturated rings. The Morgan fingerprint density at radius 2 is 1.61 bits per heavy atom. The first-order chi connectivity index (χ1) is 11.2. The van der Waals surface area contributed by atoms with Crippen LogP contribution in [0.5, 0.6) is 5.75 Å². The highest BCUT2D eigenvalue weighted by Gasteiger charge is 2.14. The summed E-state index contributed by atoms with van der Waals surface area (Å²) in [5.74, 6) is 1.10. The molecule has 1 heterocycles. The van der Waals surface area contributed by atoms with Gasteiger partial charge in [0.2, 0.25) is 0 Å². The predicted octanol–water partition coefficient (Wildman–Crippen LogP) is 4.71. The lowest BCUT2D eigenvalue weighted by atomic mass is 10.2. The van der Waals surface area contributed by atoms with Crippen molar-refractivity contribution >= 4 is 11.0 Å². The van der Waals surface area contributed by atoms with Gasteiger partial charge in [0, 0.05) is 17.3 Å². The number of imidazole rings is 1. The van der Waals surface area contributed by atoms with E-state index in [2.05, 4.69) is 35.8 Å². The van der Waals surface area contributed by atoms with E-state index in [-0.39, 0.29) is 5.75 Å². The van der Waals surface area contributed by atoms with Crippen LogP contribution in [0.1, 0.15) is 5.56 Å². The van der Waals surface area contributed by atoms with Crippen molar-refractivity contribution in [1.29, 1.82) is 0 Å². The van der Waals surface area contributed by atoms with E-state index in [0.29, 0.717) is 0 Å². The van der Waals surface area contributed by atoms with Crippen LogP contribution in [-0.4, -0.2) is 14.7 Å². The van der Waals surface area contributed by atoms with E-state index in [1.54, 1.807) is 12.1 Å². The van der Waals surface area contributed by atoms with Gasteiger partial charge in [0.05, 0.1) is 11.0 Å². The quantitative estimate of drug-likeness (QED) is 0.582. The number of hydrogen-bond donors (Lipinski definition) is 1. The first-order valence-electron chi connectivity index (χ1n) is 7.56. The third-order valence-corrected chi connectivity index (χ3v) is 3.96. The molecule has 3 nitrogen and oxygen atoms in total. The van der Waals surface area contributed by atoms with Crippen molar-refractivity contribution < 1.29 is 5.11 Å². The first kappa shape index (κ1) is 13.6. The molecule has 0 saturated heterocycles. The highest BCUT2D eigenvalue weighted by atomic mass is 16.3. The summed E-state index contributed by atoms with van der Waals surface area (Å²) in [5, 5.41) is 9.76. The van der Waals surface area contributed by atoms with Gasteiger partial charge < -0.3 is 5.11 Å². The van der Waals surface area contributed by atoms with Crippen molar-refractivity contribution in [2.45, 2.75) is 6.92 Å². The molecule has 1 aromatic heterocycles. The van der Waals surface area contributed by atoms with Crippen LogP contribution in [0.2, 0.25) is 0 Å². The zero-order valence-electron chi connectivity index (χ0n) is 12.8. The topological polar surface area (TPSA) is 38.0 Å². The lowest BCUT2D eigenvalue weighted by molar-refractivity contribution is 0.476. The summed E-state index contributed by atoms with van der Waals surface area (Å²) in [6, 6.07) is 23.8. The minimum atomic E-state index is 0.227. The van der Waals surface area contributed by atoms with Gasteiger partial charge in [0.1, 0.15) is 11.6 Å². The second kappa shape index (κ2) is 5.29. The fourth-order valence-corrected chi connectivity index (χ4v) is 2.80. The van der Waals surface area contributed by atoms with Crippen molar-refractivity contribution in [2.24, 2.45) is 0 Å². The summed E-state index contributed by atoms with van der Waals surface area (Å²) < 4.78 is 2.13. The van der Waals surface area contributed by atoms with Crippen LogP contribution in [-0.2, 0) is 0 Å². The molecule has 0 saturated carbocycles. The van der Waals surface area contributed by atoms with Crippen molar-refractivity contribution in [3.8, 4) is 22.8 Å². The molecule has 4 aromatic rings. The molecule has 0 amide bonds. The number of hydrogen-bond acceptors (Lipinski definition) is 2. The van der Waals surface area contributed by atoms with Gasteiger partial charge in [-0.05, 0) is 31.2 Å². The molecule has 0 radical (unpaired) electrons. The predicted molar refractivity (Wildman–Crippen MR) is 92.9 cm³/mol. The lowest BCUT2D eigenvalue weighted by Gasteiger charge is -2.10. The van der Waals surface area contributed by atoms with E-state index in [4.69, 9.17) is 4.98 Å². The highest BCUT2D eigenvalue weighted by molar-refractivity contribution is 5.84. The Balaban J connectivity index is 2.05. The van der Waals surface area contributed by atoms with Crippen LogP contribution in [0.25, 0.3) is 28.1 Å². The summed E-state index contributed by atoms with van der Waals surface area (Å²) in [7, 11) is 0. The fourth-order valence-electron chi connectivity index (χ4n) is 2.80. The number of fused-ring (bicyclic) bond motifs is 1. The Bertz CT molecular complexity index is 970. The zero-order chi connectivity index (χ0) is 15.8. The molecule has 23 heavy (non-hydrogen) atoms. The van der Waals surface area contributed by atoms with E-state index in [1.807, 2.05) is 36.4 Å². The maximum Gasteiger partial charge on any atom is 0.145 e. The van der Waals surface area contributed by atoms with Crippen LogP contribution >= 0.6 is 0 Å². The van der Waals surface area contributed by atoms with Crippen molar-refractivity contribution in [2.75, 3.05) is 0 Å². The standard InChI is InChI=1S/C20H16N2O/c1-14-7-9-16(10-8-14)22-19-12-11-17(23)13-18(19)21-20(22)15-5-3-2-4-6-15/h2-13,23H,1H3. The average Bonchev–Trinajstić information content (AvgIpc) is 2.95. The monoisotopic (exact) mass is 300 g/mol. The summed E-state index contributed by atoms with van der Waals surface area (Å²) in [5.41, 5.74) is 5.08. The number of phenolic OH excluding ortho intramolecular Hbond substituents is 1. The molecule has 3 heteroatoms. The molecule has 0 atom stereocenters. The Kier molecular flexibility index (Phi) is 3.12. The second-order valence-corrected chi connectivity index (χ2v) is 5.65. The average molecular weight is 300 g/mol. The molecule has 0 aliphatic carbocycles. The van der Waals surface area contributed by atoms with Gasteiger partial charge in [-0.15, -0.1) is 0 Å². The molecule has 0 aliphatic rings. The normalized spacial score (nSPS) is 11.0. The Hall–Kier alpha value is -3.07. The lowest BCUT2D eigenvalue weighted by Crippen LogP contribution is -1.97. The number of rotatable bonds is 2. The fraction of sp³-hybridized carbons (Fsp3) is 0.0500. The van der Waals surface area contributed by atoms with Crippen molar-refractivity contribution in [1.82, 2.24) is 9.55 Å². The molecule has 4 rings (SSSR count). The number of aromatic nitrogens is 2. The van der Waals surface area contributed by atoms with E-state index in [1.165, 1.54) is 5.56 Å². The van der Waals surface area contributed by atoms with Gasteiger partial charge >= 0.3 is 0 Å². The van der Waals surface area contributed by atoms with E-state index < -0.39 is 0 Å². The van der Waals surface area contributed by atoms with Crippen molar-refractivity contribution in [3.63, 3.8) is 0 Å². The number of aromatic hydroxyl groups is 1. The van der Waals surface area contributed by atoms with Gasteiger partial charge in [0.25, 0.3) is 0 Å². The summed E-state index contributed by atoms with van der Waals surface area (Å²) in [6.45, 7) is 2.08. The largest absolute Gasteiger partial charge is 0.508 e. The molecule has 3 aromatic carbocycles. The van der Waals surface area contributed by atoms with Gasteiger partial charge in [-0.2, -0.15) is 0 Å². The Morgan fingerprint density at radius 1 is 0.870 bits per heavy atom. The number of benzene rings is 3. The first-order valence-corrected chi connectivity index (χ1v) is 7.56. The minimum Gasteiger partial charge on any atom is -0.508 e. The second-order valence-electron chi connectivity index (χ2n) is 5.65. The third-order valence-electron chi connectivity index (χ3n) is 3.96. The third kappa shape index (κ3) is 2.36. The van der Waals surface area contributed by atoms with Crippen LogP contribution in [0, 0.1) is 6.92 Å². The Morgan fingerprint density at radius 3 is 2.35 bits per heavy atom. The van der Waals surface area contributed by atoms with Gasteiger partial charge in [-0.1, -0.05) is 48.0 Å². The molecule has 1 N–H and O–H groups in total. The molecular weight excluding hydrogens is 284 g/mol.